The molecule has 0 unspecified atom stereocenters. The van der Waals surface area contributed by atoms with Crippen LogP contribution in [0.5, 0.6) is 5.75 Å². The van der Waals surface area contributed by atoms with Crippen molar-refractivity contribution in [1.29, 1.82) is 0 Å². The lowest BCUT2D eigenvalue weighted by molar-refractivity contribution is 0.0949. The van der Waals surface area contributed by atoms with E-state index in [9.17, 15) is 4.79 Å². The summed E-state index contributed by atoms with van der Waals surface area (Å²) in [5.74, 6) is 0.766. The van der Waals surface area contributed by atoms with Crippen molar-refractivity contribution in [3.8, 4) is 5.75 Å². The number of carbonyl (C=O) groups is 1. The van der Waals surface area contributed by atoms with Gasteiger partial charge in [-0.2, -0.15) is 0 Å². The summed E-state index contributed by atoms with van der Waals surface area (Å²) in [5.41, 5.74) is 2.13. The molecular weight excluding hydrogens is 286 g/mol. The predicted octanol–water partition coefficient (Wildman–Crippen LogP) is 3.94. The van der Waals surface area contributed by atoms with Gasteiger partial charge in [-0.3, -0.25) is 4.79 Å². The average molecular weight is 309 g/mol. The fraction of sp³-hybridized carbons (Fsp3) is 0.350. The number of carbonyl (C=O) groups excluding carboxylic acids is 1. The Hall–Kier alpha value is -2.29. The molecule has 0 radical (unpaired) electrons. The van der Waals surface area contributed by atoms with Crippen LogP contribution >= 0.6 is 0 Å². The molecule has 1 amide bonds. The normalized spacial score (nSPS) is 15.3. The summed E-state index contributed by atoms with van der Waals surface area (Å²) >= 11 is 0. The highest BCUT2D eigenvalue weighted by atomic mass is 16.5. The van der Waals surface area contributed by atoms with Gasteiger partial charge in [-0.05, 0) is 56.5 Å². The molecule has 1 saturated carbocycles. The van der Waals surface area contributed by atoms with Crippen molar-refractivity contribution < 1.29 is 9.53 Å². The number of rotatable bonds is 6. The van der Waals surface area contributed by atoms with Gasteiger partial charge in [0.15, 0.2) is 0 Å². The maximum atomic E-state index is 12.3. The van der Waals surface area contributed by atoms with Gasteiger partial charge in [-0.25, -0.2) is 0 Å². The summed E-state index contributed by atoms with van der Waals surface area (Å²) in [7, 11) is 0. The topological polar surface area (TPSA) is 38.3 Å². The first kappa shape index (κ1) is 15.6. The van der Waals surface area contributed by atoms with E-state index < -0.39 is 0 Å². The number of ether oxygens (including phenoxy) is 1. The van der Waals surface area contributed by atoms with Crippen LogP contribution in [0.25, 0.3) is 0 Å². The summed E-state index contributed by atoms with van der Waals surface area (Å²) in [5, 5.41) is 3.08. The lowest BCUT2D eigenvalue weighted by atomic mass is 9.96. The van der Waals surface area contributed by atoms with E-state index in [1.807, 2.05) is 44.2 Å². The largest absolute Gasteiger partial charge is 0.491 e. The summed E-state index contributed by atoms with van der Waals surface area (Å²) < 4.78 is 5.60. The van der Waals surface area contributed by atoms with Crippen LogP contribution in [0.1, 0.15) is 42.6 Å². The van der Waals surface area contributed by atoms with E-state index in [4.69, 9.17) is 4.74 Å². The van der Waals surface area contributed by atoms with Gasteiger partial charge in [0.05, 0.1) is 6.10 Å². The van der Waals surface area contributed by atoms with Crippen molar-refractivity contribution in [1.82, 2.24) is 5.32 Å². The lowest BCUT2D eigenvalue weighted by Crippen LogP contribution is -2.32. The molecule has 3 nitrogen and oxygen atoms in total. The molecule has 0 atom stereocenters. The minimum atomic E-state index is -0.0247. The van der Waals surface area contributed by atoms with Crippen LogP contribution in [-0.4, -0.2) is 18.6 Å². The number of nitrogens with one attached hydrogen (secondary N) is 1. The van der Waals surface area contributed by atoms with Gasteiger partial charge in [-0.15, -0.1) is 0 Å². The van der Waals surface area contributed by atoms with E-state index in [1.165, 1.54) is 5.56 Å². The zero-order valence-corrected chi connectivity index (χ0v) is 13.7. The molecule has 1 aliphatic carbocycles. The molecule has 0 heterocycles. The van der Waals surface area contributed by atoms with Gasteiger partial charge >= 0.3 is 0 Å². The Morgan fingerprint density at radius 3 is 2.30 bits per heavy atom. The van der Waals surface area contributed by atoms with Crippen LogP contribution in [-0.2, 0) is 5.41 Å². The Bertz CT molecular complexity index is 658. The molecular formula is C20H23NO2. The fourth-order valence-electron chi connectivity index (χ4n) is 2.82. The molecule has 3 rings (SSSR count). The van der Waals surface area contributed by atoms with E-state index in [-0.39, 0.29) is 17.4 Å². The Labute approximate surface area is 137 Å². The molecule has 0 aliphatic heterocycles. The third kappa shape index (κ3) is 3.73. The van der Waals surface area contributed by atoms with Gasteiger partial charge in [0, 0.05) is 17.5 Å². The first-order chi connectivity index (χ1) is 11.1. The summed E-state index contributed by atoms with van der Waals surface area (Å²) in [6, 6.07) is 17.8. The molecule has 0 aromatic heterocycles. The average Bonchev–Trinajstić information content (AvgIpc) is 3.35. The highest BCUT2D eigenvalue weighted by molar-refractivity contribution is 5.94. The Morgan fingerprint density at radius 2 is 1.74 bits per heavy atom. The third-order valence-corrected chi connectivity index (χ3v) is 4.32. The summed E-state index contributed by atoms with van der Waals surface area (Å²) in [6.45, 7) is 4.67. The molecule has 0 spiro atoms. The highest BCUT2D eigenvalue weighted by Gasteiger charge is 2.44. The van der Waals surface area contributed by atoms with Gasteiger partial charge in [0.1, 0.15) is 5.75 Å². The maximum absolute atomic E-state index is 12.3. The van der Waals surface area contributed by atoms with E-state index in [1.54, 1.807) is 0 Å². The second kappa shape index (κ2) is 6.45. The Morgan fingerprint density at radius 1 is 1.09 bits per heavy atom. The minimum absolute atomic E-state index is 0.0247. The van der Waals surface area contributed by atoms with Crippen molar-refractivity contribution >= 4 is 5.91 Å². The van der Waals surface area contributed by atoms with Crippen LogP contribution in [0, 0.1) is 0 Å². The molecule has 3 heteroatoms. The van der Waals surface area contributed by atoms with Crippen molar-refractivity contribution in [2.75, 3.05) is 6.54 Å². The van der Waals surface area contributed by atoms with Crippen molar-refractivity contribution in [2.45, 2.75) is 38.2 Å². The smallest absolute Gasteiger partial charge is 0.251 e. The SMILES string of the molecule is CC(C)Oc1ccc(C(=O)NCC2(c3ccccc3)CC2)cc1. The van der Waals surface area contributed by atoms with Gasteiger partial charge < -0.3 is 10.1 Å². The monoisotopic (exact) mass is 309 g/mol. The van der Waals surface area contributed by atoms with Crippen LogP contribution in [0.4, 0.5) is 0 Å². The lowest BCUT2D eigenvalue weighted by Gasteiger charge is -2.17. The molecule has 0 bridgehead atoms. The van der Waals surface area contributed by atoms with Crippen LogP contribution in [0.15, 0.2) is 54.6 Å². The maximum Gasteiger partial charge on any atom is 0.251 e. The third-order valence-electron chi connectivity index (χ3n) is 4.32. The molecule has 2 aromatic carbocycles. The molecule has 2 aromatic rings. The van der Waals surface area contributed by atoms with Crippen molar-refractivity contribution in [3.05, 3.63) is 65.7 Å². The first-order valence-corrected chi connectivity index (χ1v) is 8.19. The van der Waals surface area contributed by atoms with E-state index in [0.717, 1.165) is 18.6 Å². The summed E-state index contributed by atoms with van der Waals surface area (Å²) in [4.78, 5) is 12.3. The highest BCUT2D eigenvalue weighted by Crippen LogP contribution is 2.47. The van der Waals surface area contributed by atoms with Crippen molar-refractivity contribution in [2.24, 2.45) is 0 Å². The molecule has 0 saturated heterocycles. The minimum Gasteiger partial charge on any atom is -0.491 e. The van der Waals surface area contributed by atoms with Crippen molar-refractivity contribution in [3.63, 3.8) is 0 Å². The number of benzene rings is 2. The van der Waals surface area contributed by atoms with Crippen LogP contribution in [0.3, 0.4) is 0 Å². The standard InChI is InChI=1S/C20H23NO2/c1-15(2)23-18-10-8-16(9-11-18)19(22)21-14-20(12-13-20)17-6-4-3-5-7-17/h3-11,15H,12-14H2,1-2H3,(H,21,22). The number of hydrogen-bond acceptors (Lipinski definition) is 2. The first-order valence-electron chi connectivity index (χ1n) is 8.19. The van der Waals surface area contributed by atoms with E-state index >= 15 is 0 Å². The number of amides is 1. The second-order valence-electron chi connectivity index (χ2n) is 6.52. The molecule has 23 heavy (non-hydrogen) atoms. The van der Waals surface area contributed by atoms with E-state index in [0.29, 0.717) is 12.1 Å². The molecule has 1 aliphatic rings. The van der Waals surface area contributed by atoms with Gasteiger partial charge in [-0.1, -0.05) is 30.3 Å². The van der Waals surface area contributed by atoms with Crippen LogP contribution in [0.2, 0.25) is 0 Å². The zero-order chi connectivity index (χ0) is 16.3. The quantitative estimate of drug-likeness (QED) is 0.878. The zero-order valence-electron chi connectivity index (χ0n) is 13.7. The number of hydrogen-bond donors (Lipinski definition) is 1. The molecule has 120 valence electrons. The molecule has 1 fully saturated rings. The predicted molar refractivity (Wildman–Crippen MR) is 91.9 cm³/mol. The van der Waals surface area contributed by atoms with Gasteiger partial charge in [0.2, 0.25) is 0 Å². The Kier molecular flexibility index (Phi) is 4.37. The fourth-order valence-corrected chi connectivity index (χ4v) is 2.82. The van der Waals surface area contributed by atoms with Crippen LogP contribution < -0.4 is 10.1 Å². The second-order valence-corrected chi connectivity index (χ2v) is 6.52. The Balaban J connectivity index is 1.59. The van der Waals surface area contributed by atoms with Gasteiger partial charge in [0.25, 0.3) is 5.91 Å². The molecule has 1 N–H and O–H groups in total. The summed E-state index contributed by atoms with van der Waals surface area (Å²) in [6.07, 6.45) is 2.41. The van der Waals surface area contributed by atoms with E-state index in [2.05, 4.69) is 29.6 Å².